The molecule has 3 heteroatoms. The number of ether oxygens (including phenoxy) is 2. The molecule has 128 valence electrons. The third-order valence-corrected chi connectivity index (χ3v) is 3.80. The fourth-order valence-corrected chi connectivity index (χ4v) is 2.55. The minimum absolute atomic E-state index is 0.0132. The van der Waals surface area contributed by atoms with E-state index in [-0.39, 0.29) is 18.0 Å². The summed E-state index contributed by atoms with van der Waals surface area (Å²) in [5, 5.41) is 0. The van der Waals surface area contributed by atoms with Crippen LogP contribution in [0.2, 0.25) is 0 Å². The first-order chi connectivity index (χ1) is 11.7. The molecule has 0 aliphatic rings. The van der Waals surface area contributed by atoms with Crippen molar-refractivity contribution >= 4 is 0 Å². The van der Waals surface area contributed by atoms with Crippen LogP contribution in [0.1, 0.15) is 24.5 Å². The van der Waals surface area contributed by atoms with Gasteiger partial charge in [-0.15, -0.1) is 6.58 Å². The van der Waals surface area contributed by atoms with Gasteiger partial charge in [-0.05, 0) is 43.0 Å². The minimum Gasteiger partial charge on any atom is -0.374 e. The minimum atomic E-state index is -0.220. The van der Waals surface area contributed by atoms with Gasteiger partial charge in [-0.2, -0.15) is 0 Å². The third kappa shape index (κ3) is 6.65. The molecule has 0 amide bonds. The van der Waals surface area contributed by atoms with Crippen molar-refractivity contribution in [3.63, 3.8) is 0 Å². The molecular formula is C21H25FO2. The highest BCUT2D eigenvalue weighted by atomic mass is 19.1. The molecular weight excluding hydrogens is 303 g/mol. The third-order valence-electron chi connectivity index (χ3n) is 3.80. The van der Waals surface area contributed by atoms with Crippen molar-refractivity contribution in [1.82, 2.24) is 0 Å². The van der Waals surface area contributed by atoms with Gasteiger partial charge in [0.25, 0.3) is 0 Å². The van der Waals surface area contributed by atoms with Crippen LogP contribution in [0.5, 0.6) is 0 Å². The van der Waals surface area contributed by atoms with E-state index in [2.05, 4.69) is 25.6 Å². The van der Waals surface area contributed by atoms with E-state index < -0.39 is 0 Å². The molecule has 2 aromatic rings. The monoisotopic (exact) mass is 328 g/mol. The lowest BCUT2D eigenvalue weighted by molar-refractivity contribution is -0.00823. The lowest BCUT2D eigenvalue weighted by atomic mass is 10.0. The molecule has 2 atom stereocenters. The summed E-state index contributed by atoms with van der Waals surface area (Å²) < 4.78 is 24.8. The first-order valence-electron chi connectivity index (χ1n) is 8.30. The molecule has 2 rings (SSSR count). The maximum atomic E-state index is 13.0. The van der Waals surface area contributed by atoms with Gasteiger partial charge in [-0.1, -0.05) is 48.5 Å². The van der Waals surface area contributed by atoms with Crippen LogP contribution in [0.4, 0.5) is 4.39 Å². The van der Waals surface area contributed by atoms with E-state index in [1.807, 2.05) is 18.2 Å². The molecule has 0 aliphatic heterocycles. The molecule has 0 aromatic heterocycles. The zero-order valence-electron chi connectivity index (χ0n) is 14.2. The topological polar surface area (TPSA) is 18.5 Å². The Morgan fingerprint density at radius 1 is 1.00 bits per heavy atom. The highest BCUT2D eigenvalue weighted by molar-refractivity contribution is 5.17. The SMILES string of the molecule is C=CCOC(Cc1ccc(F)cc1)CC(C)OCc1ccccc1. The summed E-state index contributed by atoms with van der Waals surface area (Å²) in [6.45, 7) is 6.84. The van der Waals surface area contributed by atoms with E-state index in [1.54, 1.807) is 18.2 Å². The first kappa shape index (κ1) is 18.4. The average molecular weight is 328 g/mol. The Labute approximate surface area is 143 Å². The molecule has 0 fully saturated rings. The summed E-state index contributed by atoms with van der Waals surface area (Å²) in [6.07, 6.45) is 3.33. The van der Waals surface area contributed by atoms with E-state index in [9.17, 15) is 4.39 Å². The van der Waals surface area contributed by atoms with Gasteiger partial charge in [-0.3, -0.25) is 0 Å². The van der Waals surface area contributed by atoms with Crippen LogP contribution in [0.3, 0.4) is 0 Å². The van der Waals surface area contributed by atoms with Crippen LogP contribution in [0, 0.1) is 5.82 Å². The van der Waals surface area contributed by atoms with Gasteiger partial charge in [0.1, 0.15) is 5.82 Å². The summed E-state index contributed by atoms with van der Waals surface area (Å²) >= 11 is 0. The van der Waals surface area contributed by atoms with Crippen LogP contribution < -0.4 is 0 Å². The average Bonchev–Trinajstić information content (AvgIpc) is 2.61. The number of rotatable bonds is 10. The molecule has 0 saturated carbocycles. The standard InChI is InChI=1S/C21H25FO2/c1-3-13-23-21(15-18-9-11-20(22)12-10-18)14-17(2)24-16-19-7-5-4-6-8-19/h3-12,17,21H,1,13-16H2,2H3. The molecule has 0 N–H and O–H groups in total. The second kappa shape index (κ2) is 10.0. The number of halogens is 1. The van der Waals surface area contributed by atoms with Crippen molar-refractivity contribution < 1.29 is 13.9 Å². The Morgan fingerprint density at radius 3 is 2.38 bits per heavy atom. The van der Waals surface area contributed by atoms with E-state index in [0.29, 0.717) is 13.2 Å². The summed E-state index contributed by atoms with van der Waals surface area (Å²) in [6, 6.07) is 16.7. The fourth-order valence-electron chi connectivity index (χ4n) is 2.55. The first-order valence-corrected chi connectivity index (χ1v) is 8.30. The van der Waals surface area contributed by atoms with E-state index in [0.717, 1.165) is 24.0 Å². The zero-order chi connectivity index (χ0) is 17.2. The second-order valence-electron chi connectivity index (χ2n) is 5.92. The van der Waals surface area contributed by atoms with Gasteiger partial charge >= 0.3 is 0 Å². The van der Waals surface area contributed by atoms with Crippen LogP contribution in [0.15, 0.2) is 67.3 Å². The van der Waals surface area contributed by atoms with Crippen molar-refractivity contribution in [2.75, 3.05) is 6.61 Å². The highest BCUT2D eigenvalue weighted by Gasteiger charge is 2.15. The van der Waals surface area contributed by atoms with Gasteiger partial charge in [0.05, 0.1) is 25.4 Å². The Morgan fingerprint density at radius 2 is 1.71 bits per heavy atom. The lowest BCUT2D eigenvalue weighted by Gasteiger charge is -2.22. The summed E-state index contributed by atoms with van der Waals surface area (Å²) in [4.78, 5) is 0. The Balaban J connectivity index is 1.86. The molecule has 24 heavy (non-hydrogen) atoms. The van der Waals surface area contributed by atoms with Gasteiger partial charge in [0.2, 0.25) is 0 Å². The largest absolute Gasteiger partial charge is 0.374 e. The van der Waals surface area contributed by atoms with Gasteiger partial charge in [-0.25, -0.2) is 4.39 Å². The van der Waals surface area contributed by atoms with Crippen molar-refractivity contribution in [1.29, 1.82) is 0 Å². The molecule has 0 spiro atoms. The Kier molecular flexibility index (Phi) is 7.66. The van der Waals surface area contributed by atoms with Gasteiger partial charge < -0.3 is 9.47 Å². The molecule has 2 aromatic carbocycles. The molecule has 0 aliphatic carbocycles. The molecule has 0 heterocycles. The van der Waals surface area contributed by atoms with Crippen LogP contribution >= 0.6 is 0 Å². The van der Waals surface area contributed by atoms with Crippen LogP contribution in [0.25, 0.3) is 0 Å². The predicted octanol–water partition coefficient (Wildman–Crippen LogP) is 4.93. The van der Waals surface area contributed by atoms with Crippen molar-refractivity contribution in [3.05, 3.63) is 84.2 Å². The lowest BCUT2D eigenvalue weighted by Crippen LogP contribution is -2.23. The maximum absolute atomic E-state index is 13.0. The molecule has 0 bridgehead atoms. The highest BCUT2D eigenvalue weighted by Crippen LogP contribution is 2.15. The summed E-state index contributed by atoms with van der Waals surface area (Å²) in [7, 11) is 0. The normalized spacial score (nSPS) is 13.4. The van der Waals surface area contributed by atoms with Crippen LogP contribution in [-0.2, 0) is 22.5 Å². The Bertz CT molecular complexity index is 595. The number of benzene rings is 2. The van der Waals surface area contributed by atoms with Crippen LogP contribution in [-0.4, -0.2) is 18.8 Å². The quantitative estimate of drug-likeness (QED) is 0.575. The van der Waals surface area contributed by atoms with E-state index in [4.69, 9.17) is 9.47 Å². The summed E-state index contributed by atoms with van der Waals surface area (Å²) in [5.41, 5.74) is 2.21. The van der Waals surface area contributed by atoms with Crippen molar-refractivity contribution in [3.8, 4) is 0 Å². The smallest absolute Gasteiger partial charge is 0.123 e. The Hall–Kier alpha value is -1.97. The molecule has 0 radical (unpaired) electrons. The van der Waals surface area contributed by atoms with E-state index in [1.165, 1.54) is 12.1 Å². The molecule has 2 unspecified atom stereocenters. The van der Waals surface area contributed by atoms with Crippen molar-refractivity contribution in [2.24, 2.45) is 0 Å². The fraction of sp³-hybridized carbons (Fsp3) is 0.333. The predicted molar refractivity (Wildman–Crippen MR) is 95.4 cm³/mol. The number of hydrogen-bond donors (Lipinski definition) is 0. The maximum Gasteiger partial charge on any atom is 0.123 e. The second-order valence-corrected chi connectivity index (χ2v) is 5.92. The van der Waals surface area contributed by atoms with Gasteiger partial charge in [0.15, 0.2) is 0 Å². The van der Waals surface area contributed by atoms with Gasteiger partial charge in [0, 0.05) is 0 Å². The zero-order valence-corrected chi connectivity index (χ0v) is 14.2. The number of hydrogen-bond acceptors (Lipinski definition) is 2. The summed E-state index contributed by atoms with van der Waals surface area (Å²) in [5.74, 6) is -0.220. The van der Waals surface area contributed by atoms with E-state index >= 15 is 0 Å². The molecule has 0 saturated heterocycles. The van der Waals surface area contributed by atoms with Crippen molar-refractivity contribution in [2.45, 2.75) is 38.6 Å². The molecule has 2 nitrogen and oxygen atoms in total.